The van der Waals surface area contributed by atoms with Crippen molar-refractivity contribution in [3.05, 3.63) is 29.8 Å². The second-order valence-corrected chi connectivity index (χ2v) is 6.75. The summed E-state index contributed by atoms with van der Waals surface area (Å²) in [5, 5.41) is 14.9. The summed E-state index contributed by atoms with van der Waals surface area (Å²) < 4.78 is 37.9. The Bertz CT molecular complexity index is 606. The highest BCUT2D eigenvalue weighted by atomic mass is 19.4. The Balaban J connectivity index is 1.65. The molecule has 24 heavy (non-hydrogen) atoms. The molecule has 3 rings (SSSR count). The van der Waals surface area contributed by atoms with Crippen LogP contribution in [0.15, 0.2) is 24.3 Å². The number of anilines is 1. The van der Waals surface area contributed by atoms with Crippen molar-refractivity contribution in [1.29, 1.82) is 0 Å². The summed E-state index contributed by atoms with van der Waals surface area (Å²) in [6.45, 7) is 0.0246. The summed E-state index contributed by atoms with van der Waals surface area (Å²) in [5.74, 6) is 0.825. The lowest BCUT2D eigenvalue weighted by Gasteiger charge is -2.30. The topological polar surface area (TPSA) is 61.4 Å². The van der Waals surface area contributed by atoms with Gasteiger partial charge in [-0.05, 0) is 42.7 Å². The summed E-state index contributed by atoms with van der Waals surface area (Å²) in [5.41, 5.74) is 0.197. The van der Waals surface area contributed by atoms with Crippen LogP contribution in [0, 0.1) is 17.8 Å². The number of aliphatic hydroxyl groups excluding tert-OH is 1. The molecule has 2 saturated carbocycles. The molecule has 0 saturated heterocycles. The number of alkyl halides is 3. The molecule has 4 atom stereocenters. The molecule has 1 aromatic rings. The minimum Gasteiger partial charge on any atom is -0.396 e. The zero-order valence-corrected chi connectivity index (χ0v) is 13.1. The number of carbonyl (C=O) groups excluding carboxylic acids is 1. The van der Waals surface area contributed by atoms with Crippen LogP contribution in [0.5, 0.6) is 0 Å². The first-order valence-corrected chi connectivity index (χ1v) is 8.20. The standard InChI is InChI=1S/C17H21F3N2O2/c18-17(19,20)8-12-3-1-2-4-14(12)21-16(24)22-15-11-6-5-10(7-11)13(15)9-23/h1-4,10-11,13,15,23H,5-9H2,(H2,21,22,24)/t10-,11-,13-,15+/m0/s1. The van der Waals surface area contributed by atoms with Crippen LogP contribution >= 0.6 is 0 Å². The summed E-state index contributed by atoms with van der Waals surface area (Å²) in [6, 6.07) is 5.30. The number of nitrogens with one attached hydrogen (secondary N) is 2. The molecule has 1 aromatic carbocycles. The second-order valence-electron chi connectivity index (χ2n) is 6.75. The van der Waals surface area contributed by atoms with Crippen molar-refractivity contribution in [2.45, 2.75) is 37.9 Å². The fourth-order valence-electron chi connectivity index (χ4n) is 4.22. The largest absolute Gasteiger partial charge is 0.396 e. The van der Waals surface area contributed by atoms with Crippen LogP contribution in [0.4, 0.5) is 23.7 Å². The van der Waals surface area contributed by atoms with Crippen LogP contribution in [0.25, 0.3) is 0 Å². The fraction of sp³-hybridized carbons (Fsp3) is 0.588. The van der Waals surface area contributed by atoms with E-state index in [1.165, 1.54) is 18.2 Å². The molecule has 2 bridgehead atoms. The van der Waals surface area contributed by atoms with Gasteiger partial charge in [-0.2, -0.15) is 13.2 Å². The quantitative estimate of drug-likeness (QED) is 0.786. The number of benzene rings is 1. The van der Waals surface area contributed by atoms with E-state index in [4.69, 9.17) is 0 Å². The van der Waals surface area contributed by atoms with E-state index in [1.54, 1.807) is 6.07 Å². The van der Waals surface area contributed by atoms with Crippen LogP contribution in [0.2, 0.25) is 0 Å². The lowest BCUT2D eigenvalue weighted by Crippen LogP contribution is -2.47. The zero-order chi connectivity index (χ0) is 17.3. The van der Waals surface area contributed by atoms with Gasteiger partial charge in [-0.25, -0.2) is 4.79 Å². The number of hydrogen-bond donors (Lipinski definition) is 3. The van der Waals surface area contributed by atoms with Gasteiger partial charge in [0.2, 0.25) is 0 Å². The molecule has 0 aliphatic heterocycles. The Kier molecular flexibility index (Phi) is 4.71. The first-order chi connectivity index (χ1) is 11.4. The summed E-state index contributed by atoms with van der Waals surface area (Å²) in [6.07, 6.45) is -2.32. The number of halogens is 3. The number of carbonyl (C=O) groups is 1. The predicted octanol–water partition coefficient (Wildman–Crippen LogP) is 3.32. The molecule has 7 heteroatoms. The normalized spacial score (nSPS) is 28.8. The lowest BCUT2D eigenvalue weighted by atomic mass is 9.85. The maximum atomic E-state index is 12.6. The molecular formula is C17H21F3N2O2. The highest BCUT2D eigenvalue weighted by Gasteiger charge is 2.47. The third-order valence-electron chi connectivity index (χ3n) is 5.25. The minimum absolute atomic E-state index is 0.0246. The Labute approximate surface area is 138 Å². The number of hydrogen-bond acceptors (Lipinski definition) is 2. The molecule has 0 radical (unpaired) electrons. The molecule has 0 aromatic heterocycles. The molecule has 2 fully saturated rings. The maximum Gasteiger partial charge on any atom is 0.393 e. The van der Waals surface area contributed by atoms with Crippen molar-refractivity contribution in [2.24, 2.45) is 17.8 Å². The first kappa shape index (κ1) is 17.1. The summed E-state index contributed by atoms with van der Waals surface area (Å²) >= 11 is 0. The van der Waals surface area contributed by atoms with Crippen LogP contribution in [-0.2, 0) is 6.42 Å². The Morgan fingerprint density at radius 1 is 1.21 bits per heavy atom. The number of aliphatic hydroxyl groups is 1. The molecule has 2 aliphatic carbocycles. The van der Waals surface area contributed by atoms with E-state index < -0.39 is 18.6 Å². The SMILES string of the molecule is O=C(Nc1ccccc1CC(F)(F)F)N[C@@H]1[C@H]2CC[C@@H](C2)[C@@H]1CO. The van der Waals surface area contributed by atoms with Gasteiger partial charge in [0.05, 0.1) is 6.42 Å². The van der Waals surface area contributed by atoms with E-state index in [1.807, 2.05) is 0 Å². The van der Waals surface area contributed by atoms with Gasteiger partial charge < -0.3 is 15.7 Å². The third kappa shape index (κ3) is 3.66. The zero-order valence-electron chi connectivity index (χ0n) is 13.1. The van der Waals surface area contributed by atoms with Crippen molar-refractivity contribution in [2.75, 3.05) is 11.9 Å². The van der Waals surface area contributed by atoms with Gasteiger partial charge >= 0.3 is 12.2 Å². The fourth-order valence-corrected chi connectivity index (χ4v) is 4.22. The molecule has 3 N–H and O–H groups in total. The van der Waals surface area contributed by atoms with Crippen molar-refractivity contribution in [3.63, 3.8) is 0 Å². The molecule has 2 aliphatic rings. The molecule has 0 heterocycles. The molecule has 4 nitrogen and oxygen atoms in total. The number of fused-ring (bicyclic) bond motifs is 2. The van der Waals surface area contributed by atoms with Crippen molar-refractivity contribution < 1.29 is 23.1 Å². The van der Waals surface area contributed by atoms with Gasteiger partial charge in [0, 0.05) is 24.3 Å². The molecule has 0 unspecified atom stereocenters. The third-order valence-corrected chi connectivity index (χ3v) is 5.25. The van der Waals surface area contributed by atoms with E-state index >= 15 is 0 Å². The molecule has 132 valence electrons. The number of para-hydroxylation sites is 1. The van der Waals surface area contributed by atoms with Gasteiger partial charge in [-0.3, -0.25) is 0 Å². The average Bonchev–Trinajstić information content (AvgIpc) is 3.09. The van der Waals surface area contributed by atoms with E-state index in [2.05, 4.69) is 10.6 Å². The van der Waals surface area contributed by atoms with E-state index in [0.717, 1.165) is 19.3 Å². The smallest absolute Gasteiger partial charge is 0.393 e. The number of amides is 2. The van der Waals surface area contributed by atoms with Gasteiger partial charge in [0.25, 0.3) is 0 Å². The Morgan fingerprint density at radius 2 is 1.92 bits per heavy atom. The average molecular weight is 342 g/mol. The van der Waals surface area contributed by atoms with Crippen molar-refractivity contribution in [3.8, 4) is 0 Å². The van der Waals surface area contributed by atoms with E-state index in [0.29, 0.717) is 11.8 Å². The Morgan fingerprint density at radius 3 is 2.62 bits per heavy atom. The minimum atomic E-state index is -4.33. The van der Waals surface area contributed by atoms with Crippen LogP contribution in [0.1, 0.15) is 24.8 Å². The van der Waals surface area contributed by atoms with Crippen LogP contribution in [-0.4, -0.2) is 30.0 Å². The second kappa shape index (κ2) is 6.63. The Hall–Kier alpha value is -1.76. The summed E-state index contributed by atoms with van der Waals surface area (Å²) in [4.78, 5) is 12.2. The number of urea groups is 1. The van der Waals surface area contributed by atoms with Gasteiger partial charge in [0.1, 0.15) is 0 Å². The highest BCUT2D eigenvalue weighted by molar-refractivity contribution is 5.90. The summed E-state index contributed by atoms with van der Waals surface area (Å²) in [7, 11) is 0. The molecular weight excluding hydrogens is 321 g/mol. The van der Waals surface area contributed by atoms with Gasteiger partial charge in [-0.1, -0.05) is 18.2 Å². The van der Waals surface area contributed by atoms with E-state index in [9.17, 15) is 23.1 Å². The predicted molar refractivity (Wildman–Crippen MR) is 83.6 cm³/mol. The maximum absolute atomic E-state index is 12.6. The van der Waals surface area contributed by atoms with Crippen molar-refractivity contribution in [1.82, 2.24) is 5.32 Å². The van der Waals surface area contributed by atoms with Crippen molar-refractivity contribution >= 4 is 11.7 Å². The van der Waals surface area contributed by atoms with E-state index in [-0.39, 0.29) is 29.8 Å². The van der Waals surface area contributed by atoms with Gasteiger partial charge in [0.15, 0.2) is 0 Å². The number of rotatable bonds is 4. The van der Waals surface area contributed by atoms with Crippen LogP contribution < -0.4 is 10.6 Å². The molecule has 2 amide bonds. The monoisotopic (exact) mass is 342 g/mol. The first-order valence-electron chi connectivity index (χ1n) is 8.20. The lowest BCUT2D eigenvalue weighted by molar-refractivity contribution is -0.127. The highest BCUT2D eigenvalue weighted by Crippen LogP contribution is 2.48. The van der Waals surface area contributed by atoms with Gasteiger partial charge in [-0.15, -0.1) is 0 Å². The molecule has 0 spiro atoms. The van der Waals surface area contributed by atoms with Crippen LogP contribution in [0.3, 0.4) is 0 Å².